The van der Waals surface area contributed by atoms with E-state index in [-0.39, 0.29) is 0 Å². The molecule has 1 atom stereocenters. The molecule has 1 saturated heterocycles. The van der Waals surface area contributed by atoms with Gasteiger partial charge in [0, 0.05) is 18.3 Å². The van der Waals surface area contributed by atoms with Crippen molar-refractivity contribution in [3.8, 4) is 0 Å². The number of hydrogen-bond donors (Lipinski definition) is 0. The average molecular weight is 284 g/mol. The first-order valence-corrected chi connectivity index (χ1v) is 7.08. The lowest BCUT2D eigenvalue weighted by Crippen LogP contribution is -2.34. The number of nitrogens with zero attached hydrogens (tertiary/aromatic N) is 8. The minimum Gasteiger partial charge on any atom is -0.352 e. The van der Waals surface area contributed by atoms with E-state index in [1.54, 1.807) is 19.0 Å². The fourth-order valence-electron chi connectivity index (χ4n) is 2.99. The van der Waals surface area contributed by atoms with Crippen molar-refractivity contribution in [2.45, 2.75) is 32.4 Å². The highest BCUT2D eigenvalue weighted by molar-refractivity contribution is 5.48. The van der Waals surface area contributed by atoms with Crippen molar-refractivity contribution in [2.75, 3.05) is 11.4 Å². The molecule has 8 nitrogen and oxygen atoms in total. The van der Waals surface area contributed by atoms with Crippen molar-refractivity contribution >= 4 is 11.6 Å². The summed E-state index contributed by atoms with van der Waals surface area (Å²) >= 11 is 0. The summed E-state index contributed by atoms with van der Waals surface area (Å²) in [4.78, 5) is 15.0. The summed E-state index contributed by atoms with van der Waals surface area (Å²) in [6, 6.07) is 2.46. The van der Waals surface area contributed by atoms with Crippen LogP contribution in [0.15, 0.2) is 25.0 Å². The molecule has 0 bridgehead atoms. The highest BCUT2D eigenvalue weighted by Crippen LogP contribution is 2.26. The van der Waals surface area contributed by atoms with Gasteiger partial charge in [-0.1, -0.05) is 0 Å². The number of hydrogen-bond acceptors (Lipinski definition) is 6. The van der Waals surface area contributed by atoms with E-state index >= 15 is 0 Å². The quantitative estimate of drug-likeness (QED) is 0.704. The molecule has 4 rings (SSSR count). The van der Waals surface area contributed by atoms with Gasteiger partial charge in [0.1, 0.15) is 24.8 Å². The molecule has 108 valence electrons. The van der Waals surface area contributed by atoms with Gasteiger partial charge in [-0.15, -0.1) is 0 Å². The van der Waals surface area contributed by atoms with E-state index < -0.39 is 0 Å². The molecule has 4 heterocycles. The molecule has 1 aliphatic rings. The van der Waals surface area contributed by atoms with Gasteiger partial charge in [0.2, 0.25) is 0 Å². The predicted octanol–water partition coefficient (Wildman–Crippen LogP) is 0.693. The van der Waals surface area contributed by atoms with Crippen LogP contribution in [0.4, 0.5) is 5.82 Å². The highest BCUT2D eigenvalue weighted by atomic mass is 15.4. The SMILES string of the molecule is Cc1cc(N2CCCC2Cn2cncn2)n2ncnc2n1. The van der Waals surface area contributed by atoms with Crippen molar-refractivity contribution < 1.29 is 0 Å². The van der Waals surface area contributed by atoms with E-state index in [1.807, 2.05) is 16.1 Å². The first-order valence-electron chi connectivity index (χ1n) is 7.08. The molecule has 1 unspecified atom stereocenters. The number of aryl methyl sites for hydroxylation is 1. The Balaban J connectivity index is 1.71. The van der Waals surface area contributed by atoms with Gasteiger partial charge >= 0.3 is 0 Å². The number of rotatable bonds is 3. The lowest BCUT2D eigenvalue weighted by atomic mass is 10.2. The fourth-order valence-corrected chi connectivity index (χ4v) is 2.99. The van der Waals surface area contributed by atoms with Crippen molar-refractivity contribution in [3.63, 3.8) is 0 Å². The minimum atomic E-state index is 0.390. The van der Waals surface area contributed by atoms with Gasteiger partial charge in [-0.05, 0) is 19.8 Å². The molecule has 3 aromatic rings. The standard InChI is InChI=1S/C13H16N8/c1-10-5-12(21-13(18-10)15-8-17-21)20-4-2-3-11(20)6-19-9-14-7-16-19/h5,7-9,11H,2-4,6H2,1H3. The Bertz CT molecular complexity index is 747. The first-order chi connectivity index (χ1) is 10.3. The zero-order chi connectivity index (χ0) is 14.2. The van der Waals surface area contributed by atoms with Crippen LogP contribution in [0.2, 0.25) is 0 Å². The highest BCUT2D eigenvalue weighted by Gasteiger charge is 2.27. The molecule has 0 N–H and O–H groups in total. The smallest absolute Gasteiger partial charge is 0.254 e. The Morgan fingerprint density at radius 2 is 2.24 bits per heavy atom. The van der Waals surface area contributed by atoms with Crippen LogP contribution in [0.3, 0.4) is 0 Å². The van der Waals surface area contributed by atoms with Crippen LogP contribution in [0.5, 0.6) is 0 Å². The van der Waals surface area contributed by atoms with Crippen LogP contribution in [0.1, 0.15) is 18.5 Å². The van der Waals surface area contributed by atoms with E-state index in [9.17, 15) is 0 Å². The molecule has 1 aliphatic heterocycles. The molecule has 0 aromatic carbocycles. The van der Waals surface area contributed by atoms with Gasteiger partial charge in [-0.2, -0.15) is 19.7 Å². The normalized spacial score (nSPS) is 18.7. The Morgan fingerprint density at radius 3 is 3.10 bits per heavy atom. The van der Waals surface area contributed by atoms with E-state index in [0.29, 0.717) is 11.8 Å². The van der Waals surface area contributed by atoms with Gasteiger partial charge < -0.3 is 4.90 Å². The first kappa shape index (κ1) is 12.2. The van der Waals surface area contributed by atoms with E-state index in [1.165, 1.54) is 0 Å². The maximum absolute atomic E-state index is 4.40. The summed E-state index contributed by atoms with van der Waals surface area (Å²) in [5, 5.41) is 8.51. The zero-order valence-corrected chi connectivity index (χ0v) is 11.8. The fraction of sp³-hybridized carbons (Fsp3) is 0.462. The summed E-state index contributed by atoms with van der Waals surface area (Å²) < 4.78 is 3.70. The summed E-state index contributed by atoms with van der Waals surface area (Å²) in [5.74, 6) is 1.70. The number of anilines is 1. The molecular formula is C13H16N8. The minimum absolute atomic E-state index is 0.390. The summed E-state index contributed by atoms with van der Waals surface area (Å²) in [7, 11) is 0. The van der Waals surface area contributed by atoms with Crippen molar-refractivity contribution in [1.29, 1.82) is 0 Å². The molecule has 0 spiro atoms. The third-order valence-corrected chi connectivity index (χ3v) is 3.90. The summed E-state index contributed by atoms with van der Waals surface area (Å²) in [5.41, 5.74) is 0.955. The van der Waals surface area contributed by atoms with Crippen molar-refractivity contribution in [2.24, 2.45) is 0 Å². The van der Waals surface area contributed by atoms with Crippen LogP contribution in [-0.4, -0.2) is 46.9 Å². The lowest BCUT2D eigenvalue weighted by Gasteiger charge is -2.26. The third kappa shape index (κ3) is 2.12. The molecule has 3 aromatic heterocycles. The molecule has 1 fully saturated rings. The van der Waals surface area contributed by atoms with Crippen molar-refractivity contribution in [1.82, 2.24) is 34.3 Å². The second-order valence-electron chi connectivity index (χ2n) is 5.33. The van der Waals surface area contributed by atoms with Gasteiger partial charge in [0.15, 0.2) is 0 Å². The maximum atomic E-state index is 4.40. The van der Waals surface area contributed by atoms with Gasteiger partial charge in [-0.3, -0.25) is 4.68 Å². The Hall–Kier alpha value is -2.51. The molecular weight excluding hydrogens is 268 g/mol. The number of fused-ring (bicyclic) bond motifs is 1. The summed E-state index contributed by atoms with van der Waals surface area (Å²) in [6.07, 6.45) is 7.19. The third-order valence-electron chi connectivity index (χ3n) is 3.90. The average Bonchev–Trinajstić information content (AvgIpc) is 3.18. The van der Waals surface area contributed by atoms with Crippen molar-refractivity contribution in [3.05, 3.63) is 30.7 Å². The molecule has 0 radical (unpaired) electrons. The van der Waals surface area contributed by atoms with Crippen LogP contribution >= 0.6 is 0 Å². The largest absolute Gasteiger partial charge is 0.352 e. The number of aromatic nitrogens is 7. The van der Waals surface area contributed by atoms with Gasteiger partial charge in [0.25, 0.3) is 5.78 Å². The predicted molar refractivity (Wildman–Crippen MR) is 75.9 cm³/mol. The van der Waals surface area contributed by atoms with E-state index in [0.717, 1.165) is 37.4 Å². The van der Waals surface area contributed by atoms with Crippen LogP contribution in [0, 0.1) is 6.92 Å². The monoisotopic (exact) mass is 284 g/mol. The zero-order valence-electron chi connectivity index (χ0n) is 11.8. The van der Waals surface area contributed by atoms with Gasteiger partial charge in [0.05, 0.1) is 12.6 Å². The molecule has 8 heteroatoms. The van der Waals surface area contributed by atoms with Crippen LogP contribution in [-0.2, 0) is 6.54 Å². The Labute approximate surface area is 121 Å². The molecule has 0 saturated carbocycles. The Kier molecular flexibility index (Phi) is 2.80. The topological polar surface area (TPSA) is 77.0 Å². The van der Waals surface area contributed by atoms with Crippen LogP contribution < -0.4 is 4.90 Å². The molecule has 21 heavy (non-hydrogen) atoms. The lowest BCUT2D eigenvalue weighted by molar-refractivity contribution is 0.504. The van der Waals surface area contributed by atoms with Gasteiger partial charge in [-0.25, -0.2) is 9.97 Å². The second kappa shape index (κ2) is 4.80. The molecule has 0 aliphatic carbocycles. The van der Waals surface area contributed by atoms with Crippen LogP contribution in [0.25, 0.3) is 5.78 Å². The molecule has 0 amide bonds. The maximum Gasteiger partial charge on any atom is 0.254 e. The Morgan fingerprint density at radius 1 is 1.29 bits per heavy atom. The van der Waals surface area contributed by atoms with E-state index in [2.05, 4.69) is 36.1 Å². The van der Waals surface area contributed by atoms with E-state index in [4.69, 9.17) is 0 Å². The summed E-state index contributed by atoms with van der Waals surface area (Å²) in [6.45, 7) is 3.83. The second-order valence-corrected chi connectivity index (χ2v) is 5.33.